The third-order valence-corrected chi connectivity index (χ3v) is 2.44. The summed E-state index contributed by atoms with van der Waals surface area (Å²) in [6.07, 6.45) is 4.22. The number of likely N-dealkylation sites (N-methyl/N-ethyl adjacent to an activating group) is 1. The lowest BCUT2D eigenvalue weighted by Gasteiger charge is -2.21. The fraction of sp³-hybridized carbons (Fsp3) is 1.00. The number of hydrogen-bond donors (Lipinski definition) is 1. The molecule has 13 heavy (non-hydrogen) atoms. The lowest BCUT2D eigenvalue weighted by atomic mass is 10.2. The lowest BCUT2D eigenvalue weighted by molar-refractivity contribution is 0.0503. The molecule has 3 heteroatoms. The SMILES string of the molecule is C1CCNCC1.CN1CCOCC1. The molecular formula is C10H22N2O. The van der Waals surface area contributed by atoms with Gasteiger partial charge in [-0.3, -0.25) is 0 Å². The molecule has 0 aromatic heterocycles. The van der Waals surface area contributed by atoms with Crippen molar-refractivity contribution < 1.29 is 4.74 Å². The maximum Gasteiger partial charge on any atom is 0.0594 e. The van der Waals surface area contributed by atoms with Gasteiger partial charge in [-0.1, -0.05) is 6.42 Å². The molecule has 0 atom stereocenters. The summed E-state index contributed by atoms with van der Waals surface area (Å²) in [7, 11) is 2.11. The number of hydrogen-bond acceptors (Lipinski definition) is 3. The molecule has 0 bridgehead atoms. The second-order valence-corrected chi connectivity index (χ2v) is 3.73. The van der Waals surface area contributed by atoms with E-state index in [1.165, 1.54) is 32.4 Å². The number of nitrogens with one attached hydrogen (secondary N) is 1. The summed E-state index contributed by atoms with van der Waals surface area (Å²) in [6.45, 7) is 6.52. The standard InChI is InChI=1S/C5H11NO.C5H11N/c1-6-2-4-7-5-3-6;1-2-4-6-5-3-1/h2-5H2,1H3;6H,1-5H2. The van der Waals surface area contributed by atoms with E-state index in [9.17, 15) is 0 Å². The molecule has 0 saturated carbocycles. The maximum atomic E-state index is 5.10. The summed E-state index contributed by atoms with van der Waals surface area (Å²) in [4.78, 5) is 2.27. The summed E-state index contributed by atoms with van der Waals surface area (Å²) in [5.74, 6) is 0. The highest BCUT2D eigenvalue weighted by Gasteiger charge is 2.02. The van der Waals surface area contributed by atoms with Gasteiger partial charge in [0.2, 0.25) is 0 Å². The molecule has 0 spiro atoms. The zero-order chi connectivity index (χ0) is 9.36. The van der Waals surface area contributed by atoms with E-state index >= 15 is 0 Å². The van der Waals surface area contributed by atoms with Crippen LogP contribution in [0.25, 0.3) is 0 Å². The van der Waals surface area contributed by atoms with E-state index in [1.54, 1.807) is 0 Å². The average molecular weight is 186 g/mol. The normalized spacial score (nSPS) is 24.7. The van der Waals surface area contributed by atoms with Crippen LogP contribution in [0, 0.1) is 0 Å². The molecule has 2 aliphatic rings. The molecule has 3 nitrogen and oxygen atoms in total. The Labute approximate surface area is 81.4 Å². The molecular weight excluding hydrogens is 164 g/mol. The molecule has 78 valence electrons. The van der Waals surface area contributed by atoms with Crippen molar-refractivity contribution in [1.82, 2.24) is 10.2 Å². The van der Waals surface area contributed by atoms with E-state index in [1.807, 2.05) is 0 Å². The highest BCUT2D eigenvalue weighted by atomic mass is 16.5. The predicted octanol–water partition coefficient (Wildman–Crippen LogP) is 0.708. The van der Waals surface area contributed by atoms with Gasteiger partial charge < -0.3 is 15.0 Å². The van der Waals surface area contributed by atoms with Crippen LogP contribution in [-0.2, 0) is 4.74 Å². The van der Waals surface area contributed by atoms with Crippen LogP contribution in [0.3, 0.4) is 0 Å². The summed E-state index contributed by atoms with van der Waals surface area (Å²) in [5, 5.41) is 3.28. The molecule has 0 aliphatic carbocycles. The molecule has 0 unspecified atom stereocenters. The summed E-state index contributed by atoms with van der Waals surface area (Å²) >= 11 is 0. The quantitative estimate of drug-likeness (QED) is 0.603. The third kappa shape index (κ3) is 6.02. The number of piperidine rings is 1. The Bertz CT molecular complexity index is 98.0. The second kappa shape index (κ2) is 7.30. The first-order valence-electron chi connectivity index (χ1n) is 5.36. The largest absolute Gasteiger partial charge is 0.379 e. The third-order valence-electron chi connectivity index (χ3n) is 2.44. The zero-order valence-electron chi connectivity index (χ0n) is 8.72. The topological polar surface area (TPSA) is 24.5 Å². The van der Waals surface area contributed by atoms with Crippen molar-refractivity contribution in [2.45, 2.75) is 19.3 Å². The van der Waals surface area contributed by atoms with Gasteiger partial charge in [-0.25, -0.2) is 0 Å². The van der Waals surface area contributed by atoms with Crippen molar-refractivity contribution in [2.24, 2.45) is 0 Å². The van der Waals surface area contributed by atoms with Crippen LogP contribution in [0.1, 0.15) is 19.3 Å². The summed E-state index contributed by atoms with van der Waals surface area (Å²) < 4.78 is 5.10. The number of rotatable bonds is 0. The van der Waals surface area contributed by atoms with Crippen LogP contribution in [0.5, 0.6) is 0 Å². The molecule has 2 aliphatic heterocycles. The highest BCUT2D eigenvalue weighted by molar-refractivity contribution is 4.55. The van der Waals surface area contributed by atoms with E-state index in [0.29, 0.717) is 0 Å². The Balaban J connectivity index is 0.000000132. The van der Waals surface area contributed by atoms with Crippen LogP contribution in [0.15, 0.2) is 0 Å². The highest BCUT2D eigenvalue weighted by Crippen LogP contribution is 1.96. The number of ether oxygens (including phenoxy) is 1. The van der Waals surface area contributed by atoms with E-state index < -0.39 is 0 Å². The Morgan fingerprint density at radius 2 is 1.62 bits per heavy atom. The maximum absolute atomic E-state index is 5.10. The Hall–Kier alpha value is -0.120. The van der Waals surface area contributed by atoms with Gasteiger partial charge in [0, 0.05) is 13.1 Å². The van der Waals surface area contributed by atoms with Gasteiger partial charge in [0.1, 0.15) is 0 Å². The van der Waals surface area contributed by atoms with E-state index in [2.05, 4.69) is 17.3 Å². The summed E-state index contributed by atoms with van der Waals surface area (Å²) in [6, 6.07) is 0. The fourth-order valence-electron chi connectivity index (χ4n) is 1.46. The van der Waals surface area contributed by atoms with Gasteiger partial charge in [0.05, 0.1) is 13.2 Å². The van der Waals surface area contributed by atoms with Crippen molar-refractivity contribution in [2.75, 3.05) is 46.4 Å². The second-order valence-electron chi connectivity index (χ2n) is 3.73. The number of morpholine rings is 1. The monoisotopic (exact) mass is 186 g/mol. The van der Waals surface area contributed by atoms with Crippen molar-refractivity contribution in [3.63, 3.8) is 0 Å². The molecule has 0 aromatic rings. The van der Waals surface area contributed by atoms with Crippen molar-refractivity contribution in [3.05, 3.63) is 0 Å². The minimum absolute atomic E-state index is 0.913. The minimum atomic E-state index is 0.913. The molecule has 2 rings (SSSR count). The van der Waals surface area contributed by atoms with E-state index in [4.69, 9.17) is 4.74 Å². The van der Waals surface area contributed by atoms with Crippen molar-refractivity contribution in [3.8, 4) is 0 Å². The zero-order valence-corrected chi connectivity index (χ0v) is 8.72. The lowest BCUT2D eigenvalue weighted by Crippen LogP contribution is -2.32. The molecule has 0 amide bonds. The van der Waals surface area contributed by atoms with Crippen LogP contribution in [0.2, 0.25) is 0 Å². The van der Waals surface area contributed by atoms with Crippen molar-refractivity contribution in [1.29, 1.82) is 0 Å². The van der Waals surface area contributed by atoms with Gasteiger partial charge in [-0.15, -0.1) is 0 Å². The molecule has 1 N–H and O–H groups in total. The van der Waals surface area contributed by atoms with Crippen molar-refractivity contribution >= 4 is 0 Å². The van der Waals surface area contributed by atoms with Gasteiger partial charge in [-0.2, -0.15) is 0 Å². The molecule has 0 radical (unpaired) electrons. The van der Waals surface area contributed by atoms with Gasteiger partial charge in [0.15, 0.2) is 0 Å². The summed E-state index contributed by atoms with van der Waals surface area (Å²) in [5.41, 5.74) is 0. The predicted molar refractivity (Wildman–Crippen MR) is 55.0 cm³/mol. The van der Waals surface area contributed by atoms with Crippen LogP contribution in [-0.4, -0.2) is 51.3 Å². The molecule has 2 fully saturated rings. The Morgan fingerprint density at radius 1 is 1.00 bits per heavy atom. The fourth-order valence-corrected chi connectivity index (χ4v) is 1.46. The average Bonchev–Trinajstić information content (AvgIpc) is 2.22. The molecule has 2 heterocycles. The Kier molecular flexibility index (Phi) is 6.15. The minimum Gasteiger partial charge on any atom is -0.379 e. The van der Waals surface area contributed by atoms with E-state index in [-0.39, 0.29) is 0 Å². The Morgan fingerprint density at radius 3 is 1.85 bits per heavy atom. The van der Waals surface area contributed by atoms with Gasteiger partial charge in [0.25, 0.3) is 0 Å². The molecule has 2 saturated heterocycles. The van der Waals surface area contributed by atoms with E-state index in [0.717, 1.165) is 26.3 Å². The smallest absolute Gasteiger partial charge is 0.0594 e. The number of nitrogens with zero attached hydrogens (tertiary/aromatic N) is 1. The van der Waals surface area contributed by atoms with Gasteiger partial charge >= 0.3 is 0 Å². The first-order valence-corrected chi connectivity index (χ1v) is 5.36. The van der Waals surface area contributed by atoms with Crippen LogP contribution >= 0.6 is 0 Å². The first-order chi connectivity index (χ1) is 6.39. The molecule has 0 aromatic carbocycles. The van der Waals surface area contributed by atoms with Crippen LogP contribution < -0.4 is 5.32 Å². The van der Waals surface area contributed by atoms with Crippen LogP contribution in [0.4, 0.5) is 0 Å². The first kappa shape index (κ1) is 11.0. The van der Waals surface area contributed by atoms with Gasteiger partial charge in [-0.05, 0) is 33.0 Å².